The van der Waals surface area contributed by atoms with Crippen molar-refractivity contribution in [1.29, 1.82) is 0 Å². The first-order valence-electron chi connectivity index (χ1n) is 5.63. The number of hydrogen-bond acceptors (Lipinski definition) is 2. The quantitative estimate of drug-likeness (QED) is 0.790. The average Bonchev–Trinajstić information content (AvgIpc) is 2.17. The Labute approximate surface area is 122 Å². The zero-order valence-electron chi connectivity index (χ0n) is 11.8. The standard InChI is InChI=1S/C8H19N.C2HF3O2.CH2Cl2/c1-6-9(7(2)3)8(4)5;3-2(4,5)1(6)7;2-1-3/h7-8H,6H2,1-5H3;(H,6,7);1H2. The summed E-state index contributed by atoms with van der Waals surface area (Å²) in [5, 5.41) is 7.32. The molecule has 0 bridgehead atoms. The number of nitrogens with zero attached hydrogens (tertiary/aromatic N) is 1. The maximum atomic E-state index is 10.6. The van der Waals surface area contributed by atoms with Gasteiger partial charge in [-0.1, -0.05) is 6.92 Å². The van der Waals surface area contributed by atoms with Gasteiger partial charge in [0.25, 0.3) is 0 Å². The topological polar surface area (TPSA) is 40.5 Å². The van der Waals surface area contributed by atoms with E-state index in [-0.39, 0.29) is 5.34 Å². The van der Waals surface area contributed by atoms with Crippen LogP contribution in [0.15, 0.2) is 0 Å². The van der Waals surface area contributed by atoms with Crippen molar-refractivity contribution in [3.63, 3.8) is 0 Å². The molecule has 0 saturated heterocycles. The Bertz CT molecular complexity index is 216. The summed E-state index contributed by atoms with van der Waals surface area (Å²) < 4.78 is 31.7. The Morgan fingerprint density at radius 1 is 1.16 bits per heavy atom. The van der Waals surface area contributed by atoms with Crippen LogP contribution in [0.5, 0.6) is 0 Å². The van der Waals surface area contributed by atoms with Gasteiger partial charge in [0.1, 0.15) is 0 Å². The highest BCUT2D eigenvalue weighted by Crippen LogP contribution is 2.13. The molecule has 0 amide bonds. The van der Waals surface area contributed by atoms with Gasteiger partial charge >= 0.3 is 12.1 Å². The van der Waals surface area contributed by atoms with Crippen LogP contribution in [0.1, 0.15) is 34.6 Å². The second kappa shape index (κ2) is 12.8. The molecule has 0 aliphatic carbocycles. The van der Waals surface area contributed by atoms with Crippen molar-refractivity contribution in [1.82, 2.24) is 4.90 Å². The molecule has 8 heteroatoms. The highest BCUT2D eigenvalue weighted by Gasteiger charge is 2.38. The van der Waals surface area contributed by atoms with Gasteiger partial charge in [-0.3, -0.25) is 4.90 Å². The van der Waals surface area contributed by atoms with E-state index in [0.29, 0.717) is 12.1 Å². The molecule has 0 saturated carbocycles. The average molecular weight is 328 g/mol. The smallest absolute Gasteiger partial charge is 0.475 e. The first kappa shape index (κ1) is 23.9. The second-order valence-corrected chi connectivity index (χ2v) is 4.73. The lowest BCUT2D eigenvalue weighted by atomic mass is 10.2. The molecule has 0 atom stereocenters. The number of alkyl halides is 5. The van der Waals surface area contributed by atoms with E-state index >= 15 is 0 Å². The van der Waals surface area contributed by atoms with Crippen LogP contribution in [0.3, 0.4) is 0 Å². The molecule has 0 aliphatic heterocycles. The lowest BCUT2D eigenvalue weighted by Gasteiger charge is -2.28. The summed E-state index contributed by atoms with van der Waals surface area (Å²) in [5.41, 5.74) is 0. The Hall–Kier alpha value is -0.200. The minimum atomic E-state index is -5.08. The van der Waals surface area contributed by atoms with Crippen molar-refractivity contribution in [2.24, 2.45) is 0 Å². The predicted molar refractivity (Wildman–Crippen MR) is 72.9 cm³/mol. The maximum absolute atomic E-state index is 10.6. The van der Waals surface area contributed by atoms with E-state index in [1.807, 2.05) is 0 Å². The van der Waals surface area contributed by atoms with E-state index in [0.717, 1.165) is 6.54 Å². The molecule has 0 radical (unpaired) electrons. The van der Waals surface area contributed by atoms with Crippen LogP contribution in [0.2, 0.25) is 0 Å². The molecule has 3 nitrogen and oxygen atoms in total. The molecule has 0 aliphatic rings. The fraction of sp³-hybridized carbons (Fsp3) is 0.909. The van der Waals surface area contributed by atoms with E-state index in [1.54, 1.807) is 0 Å². The van der Waals surface area contributed by atoms with E-state index in [2.05, 4.69) is 39.5 Å². The number of aliphatic carboxylic acids is 1. The Kier molecular flexibility index (Phi) is 16.1. The van der Waals surface area contributed by atoms with Crippen LogP contribution in [-0.2, 0) is 4.79 Å². The van der Waals surface area contributed by atoms with Gasteiger partial charge in [0, 0.05) is 12.1 Å². The van der Waals surface area contributed by atoms with Crippen molar-refractivity contribution in [2.45, 2.75) is 52.9 Å². The summed E-state index contributed by atoms with van der Waals surface area (Å²) in [6.07, 6.45) is -5.08. The SMILES string of the molecule is CCN(C(C)C)C(C)C.ClCCl.O=C(O)C(F)(F)F. The van der Waals surface area contributed by atoms with Crippen molar-refractivity contribution < 1.29 is 23.1 Å². The Morgan fingerprint density at radius 3 is 1.37 bits per heavy atom. The van der Waals surface area contributed by atoms with Crippen LogP contribution in [-0.4, -0.2) is 46.1 Å². The zero-order chi connectivity index (χ0) is 16.2. The molecule has 0 fully saturated rings. The Balaban J connectivity index is -0.000000228. The van der Waals surface area contributed by atoms with E-state index in [4.69, 9.17) is 33.1 Å². The van der Waals surface area contributed by atoms with E-state index in [9.17, 15) is 13.2 Å². The van der Waals surface area contributed by atoms with Gasteiger partial charge in [0.15, 0.2) is 0 Å². The molecule has 0 unspecified atom stereocenters. The zero-order valence-corrected chi connectivity index (χ0v) is 13.3. The molecule has 0 aromatic rings. The molecule has 118 valence electrons. The molecule has 1 N–H and O–H groups in total. The highest BCUT2D eigenvalue weighted by atomic mass is 35.5. The third kappa shape index (κ3) is 17.8. The van der Waals surface area contributed by atoms with Gasteiger partial charge in [-0.2, -0.15) is 13.2 Å². The van der Waals surface area contributed by atoms with Gasteiger partial charge in [-0.15, -0.1) is 23.2 Å². The first-order valence-corrected chi connectivity index (χ1v) is 6.70. The normalized spacial score (nSPS) is 10.8. The predicted octanol–water partition coefficient (Wildman–Crippen LogP) is 4.18. The molecule has 19 heavy (non-hydrogen) atoms. The highest BCUT2D eigenvalue weighted by molar-refractivity contribution is 6.40. The maximum Gasteiger partial charge on any atom is 0.490 e. The van der Waals surface area contributed by atoms with Gasteiger partial charge < -0.3 is 5.11 Å². The molecule has 0 aromatic carbocycles. The van der Waals surface area contributed by atoms with E-state index in [1.165, 1.54) is 0 Å². The van der Waals surface area contributed by atoms with Crippen LogP contribution < -0.4 is 0 Å². The largest absolute Gasteiger partial charge is 0.490 e. The first-order chi connectivity index (χ1) is 8.45. The van der Waals surface area contributed by atoms with Gasteiger partial charge in [0.05, 0.1) is 5.34 Å². The lowest BCUT2D eigenvalue weighted by Crippen LogP contribution is -2.36. The van der Waals surface area contributed by atoms with Crippen LogP contribution in [0, 0.1) is 0 Å². The lowest BCUT2D eigenvalue weighted by molar-refractivity contribution is -0.192. The van der Waals surface area contributed by atoms with Crippen LogP contribution in [0.25, 0.3) is 0 Å². The van der Waals surface area contributed by atoms with Gasteiger partial charge in [-0.05, 0) is 34.2 Å². The molecule has 0 aromatic heterocycles. The fourth-order valence-electron chi connectivity index (χ4n) is 1.33. The molecule has 0 rings (SSSR count). The number of carboxylic acids is 1. The fourth-order valence-corrected chi connectivity index (χ4v) is 1.33. The van der Waals surface area contributed by atoms with Crippen LogP contribution >= 0.6 is 23.2 Å². The summed E-state index contributed by atoms with van der Waals surface area (Å²) in [6.45, 7) is 12.3. The second-order valence-electron chi connectivity index (χ2n) is 3.92. The molecule has 0 spiro atoms. The molecule has 0 heterocycles. The summed E-state index contributed by atoms with van der Waals surface area (Å²) in [5.74, 6) is -2.76. The summed E-state index contributed by atoms with van der Waals surface area (Å²) in [4.78, 5) is 11.4. The minimum absolute atomic E-state index is 0.194. The monoisotopic (exact) mass is 327 g/mol. The number of hydrogen-bond donors (Lipinski definition) is 1. The number of halogens is 5. The van der Waals surface area contributed by atoms with Crippen molar-refractivity contribution >= 4 is 29.2 Å². The van der Waals surface area contributed by atoms with Gasteiger partial charge in [0.2, 0.25) is 0 Å². The summed E-state index contributed by atoms with van der Waals surface area (Å²) >= 11 is 9.53. The summed E-state index contributed by atoms with van der Waals surface area (Å²) in [6, 6.07) is 1.38. The Morgan fingerprint density at radius 2 is 1.37 bits per heavy atom. The van der Waals surface area contributed by atoms with E-state index < -0.39 is 12.1 Å². The van der Waals surface area contributed by atoms with Crippen LogP contribution in [0.4, 0.5) is 13.2 Å². The molecular weight excluding hydrogens is 306 g/mol. The minimum Gasteiger partial charge on any atom is -0.475 e. The van der Waals surface area contributed by atoms with Crippen molar-refractivity contribution in [3.8, 4) is 0 Å². The number of carbonyl (C=O) groups is 1. The third-order valence-corrected chi connectivity index (χ3v) is 1.93. The molecular formula is C11H22Cl2F3NO2. The summed E-state index contributed by atoms with van der Waals surface area (Å²) in [7, 11) is 0. The van der Waals surface area contributed by atoms with Gasteiger partial charge in [-0.25, -0.2) is 4.79 Å². The van der Waals surface area contributed by atoms with Crippen molar-refractivity contribution in [2.75, 3.05) is 11.9 Å². The number of carboxylic acid groups (broad SMARTS) is 1. The third-order valence-electron chi connectivity index (χ3n) is 1.93. The number of rotatable bonds is 3. The van der Waals surface area contributed by atoms with Crippen molar-refractivity contribution in [3.05, 3.63) is 0 Å².